The van der Waals surface area contributed by atoms with Crippen LogP contribution in [0.25, 0.3) is 10.8 Å². The summed E-state index contributed by atoms with van der Waals surface area (Å²) in [6, 6.07) is 14.3. The van der Waals surface area contributed by atoms with Gasteiger partial charge in [-0.2, -0.15) is 5.26 Å². The molecule has 1 heterocycles. The molecular formula is C17H17N3O. The summed E-state index contributed by atoms with van der Waals surface area (Å²) in [7, 11) is 0. The largest absolute Gasteiger partial charge is 0.369 e. The van der Waals surface area contributed by atoms with Gasteiger partial charge >= 0.3 is 0 Å². The van der Waals surface area contributed by atoms with E-state index in [9.17, 15) is 10.1 Å². The normalized spacial score (nSPS) is 17.7. The minimum atomic E-state index is 0.0199. The molecule has 0 aliphatic carbocycles. The Bertz CT molecular complexity index is 732. The number of rotatable bonds is 2. The Morgan fingerprint density at radius 3 is 2.76 bits per heavy atom. The second-order valence-electron chi connectivity index (χ2n) is 5.42. The first-order valence-corrected chi connectivity index (χ1v) is 7.13. The van der Waals surface area contributed by atoms with Crippen molar-refractivity contribution in [2.24, 2.45) is 0 Å². The van der Waals surface area contributed by atoms with E-state index < -0.39 is 0 Å². The topological polar surface area (TPSA) is 56.1 Å². The van der Waals surface area contributed by atoms with Crippen LogP contribution in [0.2, 0.25) is 0 Å². The van der Waals surface area contributed by atoms with Gasteiger partial charge in [0.2, 0.25) is 5.91 Å². The number of fused-ring (bicyclic) bond motifs is 1. The molecule has 0 radical (unpaired) electrons. The molecule has 2 aromatic carbocycles. The van der Waals surface area contributed by atoms with Crippen molar-refractivity contribution in [3.63, 3.8) is 0 Å². The van der Waals surface area contributed by atoms with Crippen molar-refractivity contribution in [2.45, 2.75) is 19.4 Å². The van der Waals surface area contributed by atoms with Crippen molar-refractivity contribution in [1.82, 2.24) is 5.32 Å². The van der Waals surface area contributed by atoms with Gasteiger partial charge in [-0.1, -0.05) is 24.3 Å². The summed E-state index contributed by atoms with van der Waals surface area (Å²) < 4.78 is 0. The summed E-state index contributed by atoms with van der Waals surface area (Å²) in [5, 5.41) is 14.3. The quantitative estimate of drug-likeness (QED) is 0.918. The molecule has 1 unspecified atom stereocenters. The van der Waals surface area contributed by atoms with Gasteiger partial charge in [-0.05, 0) is 18.6 Å². The maximum absolute atomic E-state index is 11.2. The van der Waals surface area contributed by atoms with Crippen LogP contribution >= 0.6 is 0 Å². The fraction of sp³-hybridized carbons (Fsp3) is 0.294. The van der Waals surface area contributed by atoms with Gasteiger partial charge in [-0.15, -0.1) is 0 Å². The third-order valence-corrected chi connectivity index (χ3v) is 3.96. The summed E-state index contributed by atoms with van der Waals surface area (Å²) >= 11 is 0. The Balaban J connectivity index is 1.96. The highest BCUT2D eigenvalue weighted by Crippen LogP contribution is 2.31. The van der Waals surface area contributed by atoms with Crippen molar-refractivity contribution >= 4 is 22.4 Å². The molecule has 1 saturated heterocycles. The zero-order chi connectivity index (χ0) is 14.8. The molecule has 1 fully saturated rings. The van der Waals surface area contributed by atoms with Gasteiger partial charge in [-0.25, -0.2) is 0 Å². The molecule has 4 heteroatoms. The van der Waals surface area contributed by atoms with Crippen LogP contribution in [-0.2, 0) is 4.79 Å². The fourth-order valence-corrected chi connectivity index (χ4v) is 3.04. The van der Waals surface area contributed by atoms with Crippen molar-refractivity contribution in [1.29, 1.82) is 5.26 Å². The molecule has 0 spiro atoms. The lowest BCUT2D eigenvalue weighted by molar-refractivity contribution is -0.119. The standard InChI is InChI=1S/C17H17N3O/c1-12(21)19-14-8-9-20(11-14)17-7-6-13(10-18)15-4-2-3-5-16(15)17/h2-7,14H,8-9,11H2,1H3,(H,19,21). The van der Waals surface area contributed by atoms with Crippen LogP contribution in [0.4, 0.5) is 5.69 Å². The van der Waals surface area contributed by atoms with Gasteiger partial charge in [0.15, 0.2) is 0 Å². The lowest BCUT2D eigenvalue weighted by atomic mass is 10.0. The Morgan fingerprint density at radius 1 is 1.29 bits per heavy atom. The summed E-state index contributed by atoms with van der Waals surface area (Å²) in [6.45, 7) is 3.29. The van der Waals surface area contributed by atoms with Gasteiger partial charge in [0.25, 0.3) is 0 Å². The summed E-state index contributed by atoms with van der Waals surface area (Å²) in [4.78, 5) is 13.5. The number of nitrogens with zero attached hydrogens (tertiary/aromatic N) is 2. The second-order valence-corrected chi connectivity index (χ2v) is 5.42. The summed E-state index contributed by atoms with van der Waals surface area (Å²) in [5.74, 6) is 0.0199. The molecule has 0 aromatic heterocycles. The predicted molar refractivity (Wildman–Crippen MR) is 83.1 cm³/mol. The van der Waals surface area contributed by atoms with E-state index >= 15 is 0 Å². The highest BCUT2D eigenvalue weighted by atomic mass is 16.1. The Kier molecular flexibility index (Phi) is 3.49. The van der Waals surface area contributed by atoms with Crippen molar-refractivity contribution in [3.05, 3.63) is 42.0 Å². The van der Waals surface area contributed by atoms with E-state index in [0.29, 0.717) is 5.56 Å². The van der Waals surface area contributed by atoms with Crippen LogP contribution in [0.1, 0.15) is 18.9 Å². The molecule has 106 valence electrons. The SMILES string of the molecule is CC(=O)NC1CCN(c2ccc(C#N)c3ccccc23)C1. The molecule has 0 saturated carbocycles. The molecular weight excluding hydrogens is 262 g/mol. The number of benzene rings is 2. The van der Waals surface area contributed by atoms with E-state index in [4.69, 9.17) is 0 Å². The second kappa shape index (κ2) is 5.45. The zero-order valence-electron chi connectivity index (χ0n) is 12.0. The van der Waals surface area contributed by atoms with E-state index in [1.54, 1.807) is 6.92 Å². The predicted octanol–water partition coefficient (Wildman–Crippen LogP) is 2.43. The first-order valence-electron chi connectivity index (χ1n) is 7.13. The highest BCUT2D eigenvalue weighted by Gasteiger charge is 2.24. The van der Waals surface area contributed by atoms with Crippen LogP contribution < -0.4 is 10.2 Å². The molecule has 0 bridgehead atoms. The number of nitriles is 1. The molecule has 1 aliphatic heterocycles. The fourth-order valence-electron chi connectivity index (χ4n) is 3.04. The van der Waals surface area contributed by atoms with Crippen LogP contribution in [0.15, 0.2) is 36.4 Å². The van der Waals surface area contributed by atoms with Crippen molar-refractivity contribution < 1.29 is 4.79 Å². The van der Waals surface area contributed by atoms with Crippen LogP contribution in [-0.4, -0.2) is 25.0 Å². The van der Waals surface area contributed by atoms with Gasteiger partial charge in [0, 0.05) is 42.5 Å². The van der Waals surface area contributed by atoms with E-state index in [-0.39, 0.29) is 11.9 Å². The Labute approximate surface area is 124 Å². The summed E-state index contributed by atoms with van der Waals surface area (Å²) in [6.07, 6.45) is 0.952. The minimum Gasteiger partial charge on any atom is -0.369 e. The maximum atomic E-state index is 11.2. The van der Waals surface area contributed by atoms with Gasteiger partial charge < -0.3 is 10.2 Å². The van der Waals surface area contributed by atoms with E-state index in [1.165, 1.54) is 0 Å². The van der Waals surface area contributed by atoms with Crippen molar-refractivity contribution in [3.8, 4) is 6.07 Å². The average molecular weight is 279 g/mol. The number of nitrogens with one attached hydrogen (secondary N) is 1. The van der Waals surface area contributed by atoms with Crippen LogP contribution in [0.3, 0.4) is 0 Å². The molecule has 21 heavy (non-hydrogen) atoms. The zero-order valence-corrected chi connectivity index (χ0v) is 12.0. The van der Waals surface area contributed by atoms with E-state index in [0.717, 1.165) is 36.0 Å². The smallest absolute Gasteiger partial charge is 0.217 e. The number of carbonyl (C=O) groups excluding carboxylic acids is 1. The van der Waals surface area contributed by atoms with Gasteiger partial charge in [-0.3, -0.25) is 4.79 Å². The first kappa shape index (κ1) is 13.4. The number of carbonyl (C=O) groups is 1. The number of anilines is 1. The Hall–Kier alpha value is -2.54. The third-order valence-electron chi connectivity index (χ3n) is 3.96. The first-order chi connectivity index (χ1) is 10.2. The number of hydrogen-bond donors (Lipinski definition) is 1. The number of amides is 1. The monoisotopic (exact) mass is 279 g/mol. The van der Waals surface area contributed by atoms with Crippen LogP contribution in [0, 0.1) is 11.3 Å². The molecule has 1 amide bonds. The lowest BCUT2D eigenvalue weighted by Crippen LogP contribution is -2.35. The molecule has 3 rings (SSSR count). The van der Waals surface area contributed by atoms with Gasteiger partial charge in [0.05, 0.1) is 11.6 Å². The van der Waals surface area contributed by atoms with Crippen molar-refractivity contribution in [2.75, 3.05) is 18.0 Å². The molecule has 1 aliphatic rings. The summed E-state index contributed by atoms with van der Waals surface area (Å²) in [5.41, 5.74) is 1.84. The molecule has 2 aromatic rings. The molecule has 1 atom stereocenters. The Morgan fingerprint density at radius 2 is 2.05 bits per heavy atom. The lowest BCUT2D eigenvalue weighted by Gasteiger charge is -2.21. The third kappa shape index (κ3) is 2.55. The maximum Gasteiger partial charge on any atom is 0.217 e. The van der Waals surface area contributed by atoms with Gasteiger partial charge in [0.1, 0.15) is 0 Å². The molecule has 1 N–H and O–H groups in total. The van der Waals surface area contributed by atoms with Crippen LogP contribution in [0.5, 0.6) is 0 Å². The molecule has 4 nitrogen and oxygen atoms in total. The number of hydrogen-bond acceptors (Lipinski definition) is 3. The minimum absolute atomic E-state index is 0.0199. The van der Waals surface area contributed by atoms with E-state index in [1.807, 2.05) is 30.3 Å². The highest BCUT2D eigenvalue weighted by molar-refractivity contribution is 5.98. The average Bonchev–Trinajstić information content (AvgIpc) is 2.93. The van der Waals surface area contributed by atoms with E-state index in [2.05, 4.69) is 22.4 Å².